The van der Waals surface area contributed by atoms with E-state index in [9.17, 15) is 0 Å². The van der Waals surface area contributed by atoms with Crippen LogP contribution in [-0.4, -0.2) is 0 Å². The molecular weight excluding hydrogens is 172 g/mol. The number of hydrogen-bond donors (Lipinski definition) is 0. The SMILES string of the molecule is [CH2]CCCc1cccc2c1CC=CO2. The van der Waals surface area contributed by atoms with Gasteiger partial charge in [0.15, 0.2) is 0 Å². The highest BCUT2D eigenvalue weighted by Crippen LogP contribution is 2.27. The lowest BCUT2D eigenvalue weighted by atomic mass is 9.98. The molecule has 0 fully saturated rings. The van der Waals surface area contributed by atoms with Crippen LogP contribution >= 0.6 is 0 Å². The number of ether oxygens (including phenoxy) is 1. The molecule has 0 N–H and O–H groups in total. The molecule has 1 heteroatoms. The van der Waals surface area contributed by atoms with Crippen LogP contribution in [0.3, 0.4) is 0 Å². The van der Waals surface area contributed by atoms with Crippen LogP contribution in [0.15, 0.2) is 30.5 Å². The van der Waals surface area contributed by atoms with Gasteiger partial charge < -0.3 is 4.74 Å². The van der Waals surface area contributed by atoms with Crippen molar-refractivity contribution in [2.24, 2.45) is 0 Å². The normalized spacial score (nSPS) is 13.5. The zero-order valence-corrected chi connectivity index (χ0v) is 8.33. The zero-order valence-electron chi connectivity index (χ0n) is 8.33. The van der Waals surface area contributed by atoms with Crippen molar-refractivity contribution in [3.63, 3.8) is 0 Å². The smallest absolute Gasteiger partial charge is 0.130 e. The fraction of sp³-hybridized carbons (Fsp3) is 0.308. The Balaban J connectivity index is 2.24. The zero-order chi connectivity index (χ0) is 9.80. The third-order valence-corrected chi connectivity index (χ3v) is 2.54. The number of benzene rings is 1. The summed E-state index contributed by atoms with van der Waals surface area (Å²) in [6.07, 6.45) is 8.11. The molecule has 1 aliphatic rings. The van der Waals surface area contributed by atoms with Crippen molar-refractivity contribution >= 4 is 0 Å². The third kappa shape index (κ3) is 1.82. The van der Waals surface area contributed by atoms with Crippen molar-refractivity contribution in [2.75, 3.05) is 0 Å². The van der Waals surface area contributed by atoms with E-state index in [1.807, 2.05) is 6.07 Å². The Morgan fingerprint density at radius 3 is 3.14 bits per heavy atom. The monoisotopic (exact) mass is 187 g/mol. The first-order valence-electron chi connectivity index (χ1n) is 5.13. The van der Waals surface area contributed by atoms with E-state index in [1.54, 1.807) is 6.26 Å². The summed E-state index contributed by atoms with van der Waals surface area (Å²) >= 11 is 0. The van der Waals surface area contributed by atoms with Crippen LogP contribution in [0.25, 0.3) is 0 Å². The second-order valence-electron chi connectivity index (χ2n) is 3.54. The van der Waals surface area contributed by atoms with Crippen LogP contribution in [-0.2, 0) is 12.8 Å². The van der Waals surface area contributed by atoms with Gasteiger partial charge in [-0.3, -0.25) is 0 Å². The standard InChI is InChI=1S/C13H15O/c1-2-3-6-11-7-4-9-13-12(11)8-5-10-14-13/h4-5,7,9-10H,1-3,6,8H2. The quantitative estimate of drug-likeness (QED) is 0.705. The highest BCUT2D eigenvalue weighted by atomic mass is 16.5. The van der Waals surface area contributed by atoms with E-state index < -0.39 is 0 Å². The Labute approximate surface area is 85.4 Å². The van der Waals surface area contributed by atoms with Gasteiger partial charge in [0.25, 0.3) is 0 Å². The van der Waals surface area contributed by atoms with Gasteiger partial charge in [0.05, 0.1) is 6.26 Å². The van der Waals surface area contributed by atoms with Crippen molar-refractivity contribution < 1.29 is 4.74 Å². The van der Waals surface area contributed by atoms with E-state index in [0.29, 0.717) is 0 Å². The molecule has 73 valence electrons. The average molecular weight is 187 g/mol. The van der Waals surface area contributed by atoms with Gasteiger partial charge in [0.2, 0.25) is 0 Å². The Morgan fingerprint density at radius 1 is 1.36 bits per heavy atom. The van der Waals surface area contributed by atoms with E-state index in [-0.39, 0.29) is 0 Å². The number of aryl methyl sites for hydroxylation is 1. The van der Waals surface area contributed by atoms with E-state index in [1.165, 1.54) is 11.1 Å². The Bertz CT molecular complexity index is 339. The van der Waals surface area contributed by atoms with Gasteiger partial charge in [-0.1, -0.05) is 25.5 Å². The molecule has 0 spiro atoms. The van der Waals surface area contributed by atoms with E-state index >= 15 is 0 Å². The summed E-state index contributed by atoms with van der Waals surface area (Å²) in [6.45, 7) is 3.87. The largest absolute Gasteiger partial charge is 0.465 e. The molecule has 1 heterocycles. The van der Waals surface area contributed by atoms with Crippen LogP contribution < -0.4 is 4.74 Å². The second-order valence-corrected chi connectivity index (χ2v) is 3.54. The van der Waals surface area contributed by atoms with Gasteiger partial charge in [-0.05, 0) is 37.0 Å². The van der Waals surface area contributed by atoms with Crippen molar-refractivity contribution in [1.29, 1.82) is 0 Å². The minimum atomic E-state index is 1.00. The second kappa shape index (κ2) is 4.32. The summed E-state index contributed by atoms with van der Waals surface area (Å²) in [5.74, 6) is 1.02. The highest BCUT2D eigenvalue weighted by Gasteiger charge is 2.09. The van der Waals surface area contributed by atoms with E-state index in [2.05, 4.69) is 25.1 Å². The van der Waals surface area contributed by atoms with Gasteiger partial charge in [0.1, 0.15) is 5.75 Å². The molecule has 1 radical (unpaired) electrons. The first kappa shape index (κ1) is 9.32. The Hall–Kier alpha value is -1.24. The highest BCUT2D eigenvalue weighted by molar-refractivity contribution is 5.43. The first-order valence-corrected chi connectivity index (χ1v) is 5.13. The molecule has 1 nitrogen and oxygen atoms in total. The summed E-state index contributed by atoms with van der Waals surface area (Å²) in [4.78, 5) is 0. The van der Waals surface area contributed by atoms with Gasteiger partial charge in [-0.25, -0.2) is 0 Å². The number of allylic oxidation sites excluding steroid dienone is 1. The molecule has 0 atom stereocenters. The van der Waals surface area contributed by atoms with Gasteiger partial charge >= 0.3 is 0 Å². The number of fused-ring (bicyclic) bond motifs is 1. The number of hydrogen-bond acceptors (Lipinski definition) is 1. The van der Waals surface area contributed by atoms with Crippen LogP contribution in [0.4, 0.5) is 0 Å². The molecule has 0 bridgehead atoms. The maximum Gasteiger partial charge on any atom is 0.130 e. The molecule has 1 aromatic carbocycles. The maximum atomic E-state index is 5.45. The summed E-state index contributed by atoms with van der Waals surface area (Å²) in [5, 5.41) is 0. The summed E-state index contributed by atoms with van der Waals surface area (Å²) in [7, 11) is 0. The van der Waals surface area contributed by atoms with Crippen molar-refractivity contribution in [3.05, 3.63) is 48.6 Å². The molecular formula is C13H15O. The molecule has 14 heavy (non-hydrogen) atoms. The van der Waals surface area contributed by atoms with Gasteiger partial charge in [0, 0.05) is 5.56 Å². The molecule has 0 saturated carbocycles. The molecule has 0 aromatic heterocycles. The van der Waals surface area contributed by atoms with Crippen LogP contribution in [0.1, 0.15) is 24.0 Å². The predicted octanol–water partition coefficient (Wildman–Crippen LogP) is 3.29. The molecule has 2 rings (SSSR count). The molecule has 1 aromatic rings. The van der Waals surface area contributed by atoms with Gasteiger partial charge in [-0.2, -0.15) is 0 Å². The number of rotatable bonds is 3. The predicted molar refractivity (Wildman–Crippen MR) is 58.2 cm³/mol. The maximum absolute atomic E-state index is 5.45. The fourth-order valence-electron chi connectivity index (χ4n) is 1.79. The Morgan fingerprint density at radius 2 is 2.29 bits per heavy atom. The van der Waals surface area contributed by atoms with Crippen LogP contribution in [0.5, 0.6) is 5.75 Å². The topological polar surface area (TPSA) is 9.23 Å². The molecule has 0 saturated heterocycles. The number of unbranched alkanes of at least 4 members (excludes halogenated alkanes) is 1. The minimum Gasteiger partial charge on any atom is -0.465 e. The minimum absolute atomic E-state index is 1.00. The lowest BCUT2D eigenvalue weighted by Gasteiger charge is -2.15. The van der Waals surface area contributed by atoms with Crippen molar-refractivity contribution in [2.45, 2.75) is 25.7 Å². The molecule has 0 unspecified atom stereocenters. The molecule has 1 aliphatic heterocycles. The summed E-state index contributed by atoms with van der Waals surface area (Å²) in [6, 6.07) is 6.29. The summed E-state index contributed by atoms with van der Waals surface area (Å²) in [5.41, 5.74) is 2.76. The van der Waals surface area contributed by atoms with Crippen LogP contribution in [0, 0.1) is 6.92 Å². The van der Waals surface area contributed by atoms with Crippen molar-refractivity contribution in [1.82, 2.24) is 0 Å². The van der Waals surface area contributed by atoms with Crippen LogP contribution in [0.2, 0.25) is 0 Å². The average Bonchev–Trinajstić information content (AvgIpc) is 2.26. The first-order chi connectivity index (χ1) is 6.92. The molecule has 0 aliphatic carbocycles. The Kier molecular flexibility index (Phi) is 2.87. The van der Waals surface area contributed by atoms with E-state index in [4.69, 9.17) is 4.74 Å². The molecule has 0 amide bonds. The lowest BCUT2D eigenvalue weighted by molar-refractivity contribution is 0.463. The fourth-order valence-corrected chi connectivity index (χ4v) is 1.79. The third-order valence-electron chi connectivity index (χ3n) is 2.54. The van der Waals surface area contributed by atoms with Crippen molar-refractivity contribution in [3.8, 4) is 5.75 Å². The van der Waals surface area contributed by atoms with Gasteiger partial charge in [-0.15, -0.1) is 0 Å². The summed E-state index contributed by atoms with van der Waals surface area (Å²) < 4.78 is 5.45. The van der Waals surface area contributed by atoms with E-state index in [0.717, 1.165) is 31.4 Å². The lowest BCUT2D eigenvalue weighted by Crippen LogP contribution is -2.01.